The molecule has 0 heterocycles. The Kier molecular flexibility index (Phi) is 7.76. The molecule has 114 valence electrons. The number of unbranched alkanes of at least 4 members (excludes halogenated alkanes) is 1. The summed E-state index contributed by atoms with van der Waals surface area (Å²) in [5.74, 6) is -0.0185. The third-order valence-corrected chi connectivity index (χ3v) is 3.00. The topological polar surface area (TPSA) is 29.1 Å². The van der Waals surface area contributed by atoms with E-state index in [2.05, 4.69) is 19.2 Å². The van der Waals surface area contributed by atoms with E-state index in [9.17, 15) is 9.18 Å². The van der Waals surface area contributed by atoms with E-state index in [-0.39, 0.29) is 10.9 Å². The molecule has 1 aromatic rings. The molecule has 1 rings (SSSR count). The van der Waals surface area contributed by atoms with Gasteiger partial charge < -0.3 is 5.32 Å². The molecule has 1 aromatic carbocycles. The molecule has 0 unspecified atom stereocenters. The Hall–Kier alpha value is -1.61. The zero-order valence-corrected chi connectivity index (χ0v) is 13.2. The molecule has 0 aromatic heterocycles. The first kappa shape index (κ1) is 17.4. The first-order valence-corrected chi connectivity index (χ1v) is 7.43. The van der Waals surface area contributed by atoms with Crippen LogP contribution in [-0.4, -0.2) is 12.5 Å². The zero-order chi connectivity index (χ0) is 15.7. The quantitative estimate of drug-likeness (QED) is 0.579. The average Bonchev–Trinajstić information content (AvgIpc) is 2.44. The Labute approximate surface area is 130 Å². The van der Waals surface area contributed by atoms with Crippen LogP contribution in [-0.2, 0) is 4.79 Å². The molecule has 0 saturated carbocycles. The summed E-state index contributed by atoms with van der Waals surface area (Å²) >= 11 is 5.70. The number of halogens is 2. The fraction of sp³-hybridized carbons (Fsp3) is 0.353. The summed E-state index contributed by atoms with van der Waals surface area (Å²) in [7, 11) is 0. The van der Waals surface area contributed by atoms with Crippen molar-refractivity contribution in [3.8, 4) is 0 Å². The monoisotopic (exact) mass is 309 g/mol. The molecule has 21 heavy (non-hydrogen) atoms. The van der Waals surface area contributed by atoms with Gasteiger partial charge in [0.2, 0.25) is 5.91 Å². The Morgan fingerprint density at radius 1 is 1.33 bits per heavy atom. The minimum Gasteiger partial charge on any atom is -0.352 e. The van der Waals surface area contributed by atoms with Crippen molar-refractivity contribution in [1.29, 1.82) is 0 Å². The van der Waals surface area contributed by atoms with Crippen molar-refractivity contribution in [3.63, 3.8) is 0 Å². The van der Waals surface area contributed by atoms with E-state index in [1.807, 2.05) is 18.2 Å². The van der Waals surface area contributed by atoms with Crippen molar-refractivity contribution in [2.24, 2.45) is 5.92 Å². The van der Waals surface area contributed by atoms with Crippen LogP contribution in [0.3, 0.4) is 0 Å². The molecule has 0 saturated heterocycles. The fourth-order valence-corrected chi connectivity index (χ4v) is 1.77. The van der Waals surface area contributed by atoms with E-state index in [4.69, 9.17) is 11.6 Å². The highest BCUT2D eigenvalue weighted by atomic mass is 35.5. The van der Waals surface area contributed by atoms with Crippen LogP contribution in [0, 0.1) is 11.7 Å². The van der Waals surface area contributed by atoms with E-state index < -0.39 is 5.82 Å². The van der Waals surface area contributed by atoms with Crippen molar-refractivity contribution < 1.29 is 9.18 Å². The molecule has 0 aliphatic rings. The third kappa shape index (κ3) is 7.66. The summed E-state index contributed by atoms with van der Waals surface area (Å²) < 4.78 is 13.0. The Balaban J connectivity index is 2.28. The second-order valence-corrected chi connectivity index (χ2v) is 5.60. The van der Waals surface area contributed by atoms with Gasteiger partial charge >= 0.3 is 0 Å². The predicted octanol–water partition coefficient (Wildman–Crippen LogP) is 4.60. The van der Waals surface area contributed by atoms with Crippen LogP contribution in [0.5, 0.6) is 0 Å². The van der Waals surface area contributed by atoms with E-state index in [0.717, 1.165) is 18.4 Å². The highest BCUT2D eigenvalue weighted by molar-refractivity contribution is 6.30. The molecule has 0 spiro atoms. The van der Waals surface area contributed by atoms with Crippen molar-refractivity contribution in [2.45, 2.75) is 26.7 Å². The lowest BCUT2D eigenvalue weighted by Crippen LogP contribution is -2.25. The first-order chi connectivity index (χ1) is 9.99. The summed E-state index contributed by atoms with van der Waals surface area (Å²) in [6.07, 6.45) is 8.85. The molecule has 0 bridgehead atoms. The Morgan fingerprint density at radius 2 is 2.05 bits per heavy atom. The van der Waals surface area contributed by atoms with Gasteiger partial charge in [-0.25, -0.2) is 4.39 Å². The largest absolute Gasteiger partial charge is 0.352 e. The molecule has 2 nitrogen and oxygen atoms in total. The van der Waals surface area contributed by atoms with Gasteiger partial charge in [0, 0.05) is 6.54 Å². The number of carbonyl (C=O) groups is 1. The van der Waals surface area contributed by atoms with E-state index >= 15 is 0 Å². The van der Waals surface area contributed by atoms with Crippen LogP contribution in [0.2, 0.25) is 5.02 Å². The van der Waals surface area contributed by atoms with Gasteiger partial charge in [0.25, 0.3) is 0 Å². The van der Waals surface area contributed by atoms with Gasteiger partial charge in [-0.3, -0.25) is 4.79 Å². The molecule has 0 fully saturated rings. The van der Waals surface area contributed by atoms with E-state index in [0.29, 0.717) is 12.5 Å². The number of amides is 1. The standard InChI is InChI=1S/C17H21ClFNO/c1-13(2)12-20-17(21)8-6-4-3-5-7-14-9-10-16(19)15(18)11-14/h5-11,13H,3-4,12H2,1-2H3,(H,20,21). The molecule has 0 radical (unpaired) electrons. The van der Waals surface area contributed by atoms with Gasteiger partial charge in [-0.05, 0) is 42.5 Å². The number of hydrogen-bond donors (Lipinski definition) is 1. The van der Waals surface area contributed by atoms with Crippen molar-refractivity contribution in [2.75, 3.05) is 6.54 Å². The second kappa shape index (κ2) is 9.35. The van der Waals surface area contributed by atoms with Crippen LogP contribution >= 0.6 is 11.6 Å². The summed E-state index contributed by atoms with van der Waals surface area (Å²) in [6, 6.07) is 4.61. The van der Waals surface area contributed by atoms with Gasteiger partial charge in [-0.1, -0.05) is 49.7 Å². The molecule has 0 atom stereocenters. The molecule has 0 aliphatic carbocycles. The fourth-order valence-electron chi connectivity index (χ4n) is 1.58. The average molecular weight is 310 g/mol. The Morgan fingerprint density at radius 3 is 2.71 bits per heavy atom. The van der Waals surface area contributed by atoms with Crippen molar-refractivity contribution in [1.82, 2.24) is 5.32 Å². The van der Waals surface area contributed by atoms with Gasteiger partial charge in [0.1, 0.15) is 5.82 Å². The smallest absolute Gasteiger partial charge is 0.243 e. The normalized spacial score (nSPS) is 11.7. The number of hydrogen-bond acceptors (Lipinski definition) is 1. The highest BCUT2D eigenvalue weighted by Gasteiger charge is 1.98. The maximum atomic E-state index is 13.0. The summed E-state index contributed by atoms with van der Waals surface area (Å²) in [4.78, 5) is 11.4. The summed E-state index contributed by atoms with van der Waals surface area (Å²) in [6.45, 7) is 4.79. The van der Waals surface area contributed by atoms with Crippen LogP contribution in [0.15, 0.2) is 36.4 Å². The van der Waals surface area contributed by atoms with Gasteiger partial charge in [-0.15, -0.1) is 0 Å². The first-order valence-electron chi connectivity index (χ1n) is 7.05. The zero-order valence-electron chi connectivity index (χ0n) is 12.4. The predicted molar refractivity (Wildman–Crippen MR) is 86.7 cm³/mol. The van der Waals surface area contributed by atoms with Crippen LogP contribution < -0.4 is 5.32 Å². The van der Waals surface area contributed by atoms with Gasteiger partial charge in [0.15, 0.2) is 0 Å². The molecule has 0 aliphatic heterocycles. The minimum absolute atomic E-state index is 0.0574. The van der Waals surface area contributed by atoms with E-state index in [1.54, 1.807) is 18.2 Å². The van der Waals surface area contributed by atoms with Crippen LogP contribution in [0.4, 0.5) is 4.39 Å². The number of benzene rings is 1. The molecule has 1 N–H and O–H groups in total. The summed E-state index contributed by atoms with van der Waals surface area (Å²) in [5.41, 5.74) is 0.861. The maximum absolute atomic E-state index is 13.0. The molecular formula is C17H21ClFNO. The number of carbonyl (C=O) groups excluding carboxylic acids is 1. The third-order valence-electron chi connectivity index (χ3n) is 2.71. The number of rotatable bonds is 7. The molecule has 4 heteroatoms. The van der Waals surface area contributed by atoms with Crippen molar-refractivity contribution >= 4 is 23.6 Å². The van der Waals surface area contributed by atoms with Crippen LogP contribution in [0.1, 0.15) is 32.3 Å². The van der Waals surface area contributed by atoms with Gasteiger partial charge in [-0.2, -0.15) is 0 Å². The van der Waals surface area contributed by atoms with Crippen molar-refractivity contribution in [3.05, 3.63) is 52.8 Å². The van der Waals surface area contributed by atoms with Crippen LogP contribution in [0.25, 0.3) is 6.08 Å². The lowest BCUT2D eigenvalue weighted by Gasteiger charge is -2.03. The number of nitrogens with one attached hydrogen (secondary N) is 1. The SMILES string of the molecule is CC(C)CNC(=O)C=CCCC=Cc1ccc(F)c(Cl)c1. The second-order valence-electron chi connectivity index (χ2n) is 5.19. The van der Waals surface area contributed by atoms with E-state index in [1.165, 1.54) is 6.07 Å². The van der Waals surface area contributed by atoms with Gasteiger partial charge in [0.05, 0.1) is 5.02 Å². The molecule has 1 amide bonds. The number of allylic oxidation sites excluding steroid dienone is 2. The minimum atomic E-state index is -0.413. The highest BCUT2D eigenvalue weighted by Crippen LogP contribution is 2.17. The lowest BCUT2D eigenvalue weighted by atomic mass is 10.2. The lowest BCUT2D eigenvalue weighted by molar-refractivity contribution is -0.116. The molecular weight excluding hydrogens is 289 g/mol. The Bertz CT molecular complexity index is 524. The maximum Gasteiger partial charge on any atom is 0.243 e. The summed E-state index contributed by atoms with van der Waals surface area (Å²) in [5, 5.41) is 2.94.